The molecule has 1 aromatic heterocycles. The molecule has 5 nitrogen and oxygen atoms in total. The summed E-state index contributed by atoms with van der Waals surface area (Å²) >= 11 is 0. The van der Waals surface area contributed by atoms with Crippen LogP contribution in [-0.4, -0.2) is 36.8 Å². The van der Waals surface area contributed by atoms with Gasteiger partial charge in [0, 0.05) is 38.8 Å². The number of nitrogens with zero attached hydrogens (tertiary/aromatic N) is 2. The van der Waals surface area contributed by atoms with E-state index in [-0.39, 0.29) is 0 Å². The van der Waals surface area contributed by atoms with Crippen LogP contribution in [-0.2, 0) is 4.74 Å². The molecule has 5 heteroatoms. The summed E-state index contributed by atoms with van der Waals surface area (Å²) in [5.74, 6) is 3.04. The number of nitrogens with one attached hydrogen (secondary N) is 2. The van der Waals surface area contributed by atoms with Crippen LogP contribution >= 0.6 is 0 Å². The molecule has 118 valence electrons. The highest BCUT2D eigenvalue weighted by molar-refractivity contribution is 5.48. The topological polar surface area (TPSA) is 59.1 Å². The minimum atomic E-state index is 0.326. The van der Waals surface area contributed by atoms with Crippen LogP contribution in [0, 0.1) is 5.41 Å². The van der Waals surface area contributed by atoms with Crippen LogP contribution in [0.1, 0.15) is 51.8 Å². The molecule has 2 rings (SSSR count). The lowest BCUT2D eigenvalue weighted by atomic mass is 10.0. The Hall–Kier alpha value is -1.36. The second-order valence-corrected chi connectivity index (χ2v) is 6.28. The van der Waals surface area contributed by atoms with Crippen LogP contribution in [0.25, 0.3) is 0 Å². The summed E-state index contributed by atoms with van der Waals surface area (Å²) in [5.41, 5.74) is 0.414. The van der Waals surface area contributed by atoms with E-state index in [1.54, 1.807) is 7.11 Å². The zero-order chi connectivity index (χ0) is 15.3. The van der Waals surface area contributed by atoms with Gasteiger partial charge in [-0.25, -0.2) is 9.97 Å². The van der Waals surface area contributed by atoms with Crippen molar-refractivity contribution in [2.45, 2.75) is 46.0 Å². The maximum absolute atomic E-state index is 5.21. The van der Waals surface area contributed by atoms with E-state index < -0.39 is 0 Å². The summed E-state index contributed by atoms with van der Waals surface area (Å²) in [6, 6.07) is 2.00. The average molecular weight is 292 g/mol. The quantitative estimate of drug-likeness (QED) is 0.731. The molecule has 1 fully saturated rings. The zero-order valence-corrected chi connectivity index (χ0v) is 13.7. The third kappa shape index (κ3) is 4.56. The van der Waals surface area contributed by atoms with Crippen molar-refractivity contribution in [1.29, 1.82) is 0 Å². The molecule has 1 heterocycles. The fraction of sp³-hybridized carbons (Fsp3) is 0.750. The largest absolute Gasteiger partial charge is 0.385 e. The Morgan fingerprint density at radius 1 is 1.24 bits per heavy atom. The zero-order valence-electron chi connectivity index (χ0n) is 13.7. The molecule has 21 heavy (non-hydrogen) atoms. The number of methoxy groups -OCH3 is 1. The Bertz CT molecular complexity index is 458. The number of anilines is 2. The van der Waals surface area contributed by atoms with Gasteiger partial charge < -0.3 is 15.4 Å². The van der Waals surface area contributed by atoms with Gasteiger partial charge in [0.25, 0.3) is 0 Å². The van der Waals surface area contributed by atoms with E-state index in [4.69, 9.17) is 4.74 Å². The molecule has 0 unspecified atom stereocenters. The average Bonchev–Trinajstić information content (AvgIpc) is 3.24. The Morgan fingerprint density at radius 3 is 2.43 bits per heavy atom. The van der Waals surface area contributed by atoms with E-state index in [0.29, 0.717) is 11.3 Å². The molecule has 1 saturated carbocycles. The third-order valence-corrected chi connectivity index (χ3v) is 4.06. The standard InChI is InChI=1S/C16H28N4O/c1-5-17-13-10-14(20-15(19-13)12(2)3)18-11-16(6-7-16)8-9-21-4/h10,12H,5-9,11H2,1-4H3,(H2,17,18,19,20). The summed E-state index contributed by atoms with van der Waals surface area (Å²) in [7, 11) is 1.77. The van der Waals surface area contributed by atoms with E-state index in [0.717, 1.165) is 43.6 Å². The van der Waals surface area contributed by atoms with E-state index >= 15 is 0 Å². The molecular formula is C16H28N4O. The predicted molar refractivity (Wildman–Crippen MR) is 86.9 cm³/mol. The molecule has 0 radical (unpaired) electrons. The van der Waals surface area contributed by atoms with Gasteiger partial charge in [-0.15, -0.1) is 0 Å². The summed E-state index contributed by atoms with van der Waals surface area (Å²) in [6.45, 7) is 8.99. The van der Waals surface area contributed by atoms with E-state index in [9.17, 15) is 0 Å². The summed E-state index contributed by atoms with van der Waals surface area (Å²) < 4.78 is 5.21. The molecule has 0 saturated heterocycles. The molecular weight excluding hydrogens is 264 g/mol. The second-order valence-electron chi connectivity index (χ2n) is 6.28. The molecule has 0 spiro atoms. The minimum absolute atomic E-state index is 0.326. The third-order valence-electron chi connectivity index (χ3n) is 4.06. The van der Waals surface area contributed by atoms with Crippen LogP contribution in [0.3, 0.4) is 0 Å². The van der Waals surface area contributed by atoms with Crippen molar-refractivity contribution in [3.63, 3.8) is 0 Å². The van der Waals surface area contributed by atoms with Crippen molar-refractivity contribution in [3.8, 4) is 0 Å². The monoisotopic (exact) mass is 292 g/mol. The fourth-order valence-corrected chi connectivity index (χ4v) is 2.37. The van der Waals surface area contributed by atoms with Gasteiger partial charge in [-0.05, 0) is 31.6 Å². The van der Waals surface area contributed by atoms with Crippen LogP contribution in [0.5, 0.6) is 0 Å². The Kier molecular flexibility index (Phi) is 5.39. The minimum Gasteiger partial charge on any atom is -0.385 e. The Balaban J connectivity index is 2.01. The van der Waals surface area contributed by atoms with Crippen molar-refractivity contribution < 1.29 is 4.74 Å². The van der Waals surface area contributed by atoms with E-state index in [1.807, 2.05) is 6.07 Å². The molecule has 0 atom stereocenters. The molecule has 0 aromatic carbocycles. The van der Waals surface area contributed by atoms with Gasteiger partial charge in [0.2, 0.25) is 0 Å². The van der Waals surface area contributed by atoms with Gasteiger partial charge in [-0.3, -0.25) is 0 Å². The lowest BCUT2D eigenvalue weighted by Gasteiger charge is -2.17. The molecule has 1 aliphatic rings. The molecule has 1 aliphatic carbocycles. The van der Waals surface area contributed by atoms with Crippen LogP contribution in [0.4, 0.5) is 11.6 Å². The lowest BCUT2D eigenvalue weighted by Crippen LogP contribution is -2.18. The number of rotatable bonds is 9. The number of ether oxygens (including phenoxy) is 1. The normalized spacial score (nSPS) is 16.0. The number of hydrogen-bond acceptors (Lipinski definition) is 5. The first-order valence-electron chi connectivity index (χ1n) is 7.94. The smallest absolute Gasteiger partial charge is 0.135 e. The van der Waals surface area contributed by atoms with Gasteiger partial charge in [-0.1, -0.05) is 13.8 Å². The first-order valence-corrected chi connectivity index (χ1v) is 7.94. The van der Waals surface area contributed by atoms with Crippen molar-refractivity contribution >= 4 is 11.6 Å². The molecule has 0 aliphatic heterocycles. The maximum Gasteiger partial charge on any atom is 0.135 e. The number of hydrogen-bond donors (Lipinski definition) is 2. The Morgan fingerprint density at radius 2 is 1.90 bits per heavy atom. The highest BCUT2D eigenvalue weighted by Gasteiger charge is 2.41. The first kappa shape index (κ1) is 16.0. The Labute approximate surface area is 127 Å². The predicted octanol–water partition coefficient (Wildman–Crippen LogP) is 3.26. The van der Waals surface area contributed by atoms with Gasteiger partial charge in [-0.2, -0.15) is 0 Å². The maximum atomic E-state index is 5.21. The summed E-state index contributed by atoms with van der Waals surface area (Å²) in [6.07, 6.45) is 3.69. The van der Waals surface area contributed by atoms with Gasteiger partial charge in [0.1, 0.15) is 17.5 Å². The van der Waals surface area contributed by atoms with Crippen LogP contribution in [0.15, 0.2) is 6.07 Å². The van der Waals surface area contributed by atoms with Gasteiger partial charge in [0.05, 0.1) is 0 Å². The van der Waals surface area contributed by atoms with E-state index in [2.05, 4.69) is 41.4 Å². The van der Waals surface area contributed by atoms with Gasteiger partial charge >= 0.3 is 0 Å². The first-order chi connectivity index (χ1) is 10.1. The van der Waals surface area contributed by atoms with Crippen molar-refractivity contribution in [3.05, 3.63) is 11.9 Å². The molecule has 2 N–H and O–H groups in total. The SMILES string of the molecule is CCNc1cc(NCC2(CCOC)CC2)nc(C(C)C)n1. The van der Waals surface area contributed by atoms with Crippen LogP contribution in [0.2, 0.25) is 0 Å². The molecule has 0 bridgehead atoms. The summed E-state index contributed by atoms with van der Waals surface area (Å²) in [4.78, 5) is 9.18. The van der Waals surface area contributed by atoms with Crippen molar-refractivity contribution in [2.75, 3.05) is 37.4 Å². The highest BCUT2D eigenvalue weighted by atomic mass is 16.5. The van der Waals surface area contributed by atoms with Crippen molar-refractivity contribution in [2.24, 2.45) is 5.41 Å². The number of aromatic nitrogens is 2. The van der Waals surface area contributed by atoms with E-state index in [1.165, 1.54) is 12.8 Å². The van der Waals surface area contributed by atoms with Crippen molar-refractivity contribution in [1.82, 2.24) is 9.97 Å². The molecule has 0 amide bonds. The molecule has 1 aromatic rings. The second kappa shape index (κ2) is 7.07. The fourth-order valence-electron chi connectivity index (χ4n) is 2.37. The van der Waals surface area contributed by atoms with Gasteiger partial charge in [0.15, 0.2) is 0 Å². The van der Waals surface area contributed by atoms with Crippen LogP contribution < -0.4 is 10.6 Å². The highest BCUT2D eigenvalue weighted by Crippen LogP contribution is 2.48. The lowest BCUT2D eigenvalue weighted by molar-refractivity contribution is 0.175. The summed E-state index contributed by atoms with van der Waals surface area (Å²) in [5, 5.41) is 6.78.